The van der Waals surface area contributed by atoms with Gasteiger partial charge in [0.25, 0.3) is 5.91 Å². The van der Waals surface area contributed by atoms with Crippen molar-refractivity contribution < 1.29 is 14.7 Å². The lowest BCUT2D eigenvalue weighted by molar-refractivity contribution is 0.0769. The Morgan fingerprint density at radius 1 is 1.09 bits per heavy atom. The van der Waals surface area contributed by atoms with Gasteiger partial charge in [-0.3, -0.25) is 9.59 Å². The number of benzene rings is 2. The second-order valence-corrected chi connectivity index (χ2v) is 6.00. The zero-order valence-electron chi connectivity index (χ0n) is 13.2. The van der Waals surface area contributed by atoms with Gasteiger partial charge in [-0.25, -0.2) is 0 Å². The molecule has 1 aliphatic rings. The summed E-state index contributed by atoms with van der Waals surface area (Å²) in [4.78, 5) is 26.5. The predicted molar refractivity (Wildman–Crippen MR) is 88.6 cm³/mol. The average Bonchev–Trinajstić information content (AvgIpc) is 2.85. The number of carbonyl (C=O) groups excluding carboxylic acids is 2. The van der Waals surface area contributed by atoms with E-state index in [-0.39, 0.29) is 11.7 Å². The van der Waals surface area contributed by atoms with Gasteiger partial charge >= 0.3 is 0 Å². The van der Waals surface area contributed by atoms with Gasteiger partial charge in [0, 0.05) is 30.3 Å². The first-order chi connectivity index (χ1) is 11.0. The van der Waals surface area contributed by atoms with Gasteiger partial charge in [-0.05, 0) is 36.6 Å². The molecular weight excluding hydrogens is 290 g/mol. The largest absolute Gasteiger partial charge is 0.393 e. The van der Waals surface area contributed by atoms with Crippen molar-refractivity contribution in [3.05, 3.63) is 59.2 Å². The minimum atomic E-state index is -0.443. The lowest BCUT2D eigenvalue weighted by Gasteiger charge is -2.18. The first-order valence-electron chi connectivity index (χ1n) is 7.70. The summed E-state index contributed by atoms with van der Waals surface area (Å²) in [6, 6.07) is 12.8. The molecule has 0 aliphatic heterocycles. The highest BCUT2D eigenvalue weighted by Gasteiger charge is 2.27. The summed E-state index contributed by atoms with van der Waals surface area (Å²) in [5.41, 5.74) is 3.58. The van der Waals surface area contributed by atoms with Crippen LogP contribution in [-0.4, -0.2) is 41.4 Å². The second-order valence-electron chi connectivity index (χ2n) is 6.00. The van der Waals surface area contributed by atoms with E-state index < -0.39 is 6.10 Å². The monoisotopic (exact) mass is 309 g/mol. The summed E-state index contributed by atoms with van der Waals surface area (Å²) >= 11 is 0. The van der Waals surface area contributed by atoms with Gasteiger partial charge < -0.3 is 10.0 Å². The molecule has 1 atom stereocenters. The molecular formula is C19H19NO3. The normalized spacial score (nSPS) is 13.4. The van der Waals surface area contributed by atoms with Crippen molar-refractivity contribution in [1.82, 2.24) is 4.90 Å². The first kappa shape index (κ1) is 15.4. The van der Waals surface area contributed by atoms with Crippen molar-refractivity contribution in [3.63, 3.8) is 0 Å². The molecule has 2 aromatic carbocycles. The van der Waals surface area contributed by atoms with E-state index in [1.165, 1.54) is 0 Å². The molecule has 1 aliphatic carbocycles. The Balaban J connectivity index is 1.88. The molecule has 0 radical (unpaired) electrons. The van der Waals surface area contributed by atoms with Crippen molar-refractivity contribution in [2.24, 2.45) is 0 Å². The molecule has 1 unspecified atom stereocenters. The number of hydrogen-bond acceptors (Lipinski definition) is 3. The number of nitrogens with zero attached hydrogens (tertiary/aromatic N) is 1. The molecule has 2 aromatic rings. The van der Waals surface area contributed by atoms with Crippen LogP contribution < -0.4 is 0 Å². The predicted octanol–water partition coefficient (Wildman–Crippen LogP) is 2.74. The molecule has 4 heteroatoms. The third-order valence-electron chi connectivity index (χ3n) is 4.20. The van der Waals surface area contributed by atoms with E-state index in [9.17, 15) is 14.7 Å². The van der Waals surface area contributed by atoms with Gasteiger partial charge in [-0.2, -0.15) is 0 Å². The van der Waals surface area contributed by atoms with E-state index in [1.54, 1.807) is 31.0 Å². The topological polar surface area (TPSA) is 57.6 Å². The van der Waals surface area contributed by atoms with Gasteiger partial charge in [0.15, 0.2) is 5.78 Å². The molecule has 0 spiro atoms. The molecule has 0 saturated carbocycles. The highest BCUT2D eigenvalue weighted by Crippen LogP contribution is 2.36. The summed E-state index contributed by atoms with van der Waals surface area (Å²) < 4.78 is 0. The maximum absolute atomic E-state index is 12.5. The minimum absolute atomic E-state index is 0.0307. The highest BCUT2D eigenvalue weighted by atomic mass is 16.3. The lowest BCUT2D eigenvalue weighted by atomic mass is 10.0. The van der Waals surface area contributed by atoms with Crippen LogP contribution in [0.3, 0.4) is 0 Å². The summed E-state index contributed by atoms with van der Waals surface area (Å²) in [6.45, 7) is 2.17. The molecule has 0 saturated heterocycles. The molecule has 0 bridgehead atoms. The Bertz CT molecular complexity index is 780. The first-order valence-corrected chi connectivity index (χ1v) is 7.70. The van der Waals surface area contributed by atoms with Crippen LogP contribution in [0, 0.1) is 0 Å². The van der Waals surface area contributed by atoms with Crippen LogP contribution in [0.25, 0.3) is 11.1 Å². The van der Waals surface area contributed by atoms with Gasteiger partial charge in [-0.1, -0.05) is 30.3 Å². The van der Waals surface area contributed by atoms with E-state index in [2.05, 4.69) is 0 Å². The van der Waals surface area contributed by atoms with Crippen molar-refractivity contribution in [3.8, 4) is 11.1 Å². The summed E-state index contributed by atoms with van der Waals surface area (Å²) in [5.74, 6) is -0.172. The number of fused-ring (bicyclic) bond motifs is 3. The maximum Gasteiger partial charge on any atom is 0.253 e. The number of rotatable bonds is 4. The number of aliphatic hydroxyl groups is 1. The lowest BCUT2D eigenvalue weighted by Crippen LogP contribution is -2.29. The van der Waals surface area contributed by atoms with Gasteiger partial charge in [0.2, 0.25) is 0 Å². The van der Waals surface area contributed by atoms with Gasteiger partial charge in [-0.15, -0.1) is 0 Å². The fraction of sp³-hybridized carbons (Fsp3) is 0.263. The smallest absolute Gasteiger partial charge is 0.253 e. The van der Waals surface area contributed by atoms with Crippen molar-refractivity contribution >= 4 is 11.7 Å². The standard InChI is InChI=1S/C19H19NO3/c1-12(21)9-10-20(2)19(23)13-7-8-15-14-5-3-4-6-16(14)18(22)17(15)11-13/h3-8,11-12,21H,9-10H2,1-2H3. The Kier molecular flexibility index (Phi) is 4.01. The number of ketones is 1. The molecule has 3 rings (SSSR count). The van der Waals surface area contributed by atoms with Crippen molar-refractivity contribution in [2.45, 2.75) is 19.4 Å². The highest BCUT2D eigenvalue weighted by molar-refractivity contribution is 6.22. The molecule has 118 valence electrons. The summed E-state index contributed by atoms with van der Waals surface area (Å²) in [6.07, 6.45) is 0.0822. The SMILES string of the molecule is CC(O)CCN(C)C(=O)c1ccc2c(c1)C(=O)c1ccccc1-2. The van der Waals surface area contributed by atoms with Crippen LogP contribution in [0.4, 0.5) is 0 Å². The second kappa shape index (κ2) is 5.97. The fourth-order valence-corrected chi connectivity index (χ4v) is 2.86. The zero-order chi connectivity index (χ0) is 16.6. The van der Waals surface area contributed by atoms with E-state index in [1.807, 2.05) is 30.3 Å². The average molecular weight is 309 g/mol. The number of carbonyl (C=O) groups is 2. The van der Waals surface area contributed by atoms with Crippen LogP contribution >= 0.6 is 0 Å². The molecule has 0 heterocycles. The number of amides is 1. The van der Waals surface area contributed by atoms with Crippen LogP contribution in [0.15, 0.2) is 42.5 Å². The zero-order valence-corrected chi connectivity index (χ0v) is 13.2. The molecule has 23 heavy (non-hydrogen) atoms. The van der Waals surface area contributed by atoms with Crippen LogP contribution in [0.5, 0.6) is 0 Å². The van der Waals surface area contributed by atoms with E-state index >= 15 is 0 Å². The third-order valence-corrected chi connectivity index (χ3v) is 4.20. The van der Waals surface area contributed by atoms with Crippen LogP contribution in [0.2, 0.25) is 0 Å². The minimum Gasteiger partial charge on any atom is -0.393 e. The number of hydrogen-bond donors (Lipinski definition) is 1. The van der Waals surface area contributed by atoms with Crippen molar-refractivity contribution in [1.29, 1.82) is 0 Å². The summed E-state index contributed by atoms with van der Waals surface area (Å²) in [7, 11) is 1.70. The quantitative estimate of drug-likeness (QED) is 0.806. The van der Waals surface area contributed by atoms with Crippen LogP contribution in [-0.2, 0) is 0 Å². The van der Waals surface area contributed by atoms with E-state index in [0.717, 1.165) is 11.1 Å². The van der Waals surface area contributed by atoms with Gasteiger partial charge in [0.05, 0.1) is 6.10 Å². The van der Waals surface area contributed by atoms with Crippen molar-refractivity contribution in [2.75, 3.05) is 13.6 Å². The maximum atomic E-state index is 12.5. The van der Waals surface area contributed by atoms with Gasteiger partial charge in [0.1, 0.15) is 0 Å². The molecule has 0 aromatic heterocycles. The Labute approximate surface area is 135 Å². The van der Waals surface area contributed by atoms with E-state index in [0.29, 0.717) is 29.7 Å². The summed E-state index contributed by atoms with van der Waals surface area (Å²) in [5, 5.41) is 9.33. The third kappa shape index (κ3) is 2.78. The Hall–Kier alpha value is -2.46. The molecule has 1 amide bonds. The van der Waals surface area contributed by atoms with Crippen LogP contribution in [0.1, 0.15) is 39.6 Å². The van der Waals surface area contributed by atoms with E-state index in [4.69, 9.17) is 0 Å². The number of aliphatic hydroxyl groups excluding tert-OH is 1. The molecule has 1 N–H and O–H groups in total. The molecule has 0 fully saturated rings. The Morgan fingerprint density at radius 3 is 2.43 bits per heavy atom. The Morgan fingerprint density at radius 2 is 1.74 bits per heavy atom. The fourth-order valence-electron chi connectivity index (χ4n) is 2.86. The molecule has 4 nitrogen and oxygen atoms in total.